The van der Waals surface area contributed by atoms with Crippen LogP contribution in [0.5, 0.6) is 0 Å². The van der Waals surface area contributed by atoms with Crippen molar-refractivity contribution in [2.45, 2.75) is 45.8 Å². The van der Waals surface area contributed by atoms with Crippen LogP contribution in [0.4, 0.5) is 0 Å². The largest absolute Gasteiger partial charge is 0.389 e. The molecule has 1 atom stereocenters. The molecule has 0 fully saturated rings. The molecule has 0 heterocycles. The molecule has 0 saturated heterocycles. The average Bonchev–Trinajstić information content (AvgIpc) is 2.11. The minimum absolute atomic E-state index is 0.200. The van der Waals surface area contributed by atoms with Gasteiger partial charge in [0, 0.05) is 6.54 Å². The molecule has 1 unspecified atom stereocenters. The van der Waals surface area contributed by atoms with Crippen LogP contribution in [0.25, 0.3) is 0 Å². The molecule has 0 aromatic rings. The lowest BCUT2D eigenvalue weighted by Crippen LogP contribution is -2.33. The summed E-state index contributed by atoms with van der Waals surface area (Å²) in [4.78, 5) is 2.15. The Bertz CT molecular complexity index is 128. The van der Waals surface area contributed by atoms with E-state index in [0.29, 0.717) is 13.2 Å². The number of unbranched alkanes of at least 4 members (excludes halogenated alkanes) is 1. The molecule has 14 heavy (non-hydrogen) atoms. The van der Waals surface area contributed by atoms with Gasteiger partial charge in [0.15, 0.2) is 0 Å². The number of aliphatic hydroxyl groups excluding tert-OH is 1. The molecule has 0 aromatic carbocycles. The second-order valence-corrected chi connectivity index (χ2v) is 4.15. The third-order valence-electron chi connectivity index (χ3n) is 2.04. The van der Waals surface area contributed by atoms with Crippen LogP contribution in [0.2, 0.25) is 0 Å². The highest BCUT2D eigenvalue weighted by molar-refractivity contribution is 4.60. The highest BCUT2D eigenvalue weighted by atomic mass is 16.5. The molecule has 1 N–H and O–H groups in total. The molecule has 0 radical (unpaired) electrons. The van der Waals surface area contributed by atoms with Crippen molar-refractivity contribution in [2.75, 3.05) is 26.7 Å². The predicted molar refractivity (Wildman–Crippen MR) is 59.5 cm³/mol. The molecular formula is C11H25NO2. The summed E-state index contributed by atoms with van der Waals surface area (Å²) in [5.74, 6) is 0. The quantitative estimate of drug-likeness (QED) is 0.649. The van der Waals surface area contributed by atoms with E-state index in [1.54, 1.807) is 0 Å². The second-order valence-electron chi connectivity index (χ2n) is 4.15. The SMILES string of the molecule is CCCCN(C)CC(O)COC(C)C. The summed E-state index contributed by atoms with van der Waals surface area (Å²) in [6, 6.07) is 0. The van der Waals surface area contributed by atoms with Gasteiger partial charge >= 0.3 is 0 Å². The molecular weight excluding hydrogens is 178 g/mol. The number of ether oxygens (including phenoxy) is 1. The summed E-state index contributed by atoms with van der Waals surface area (Å²) in [6.45, 7) is 8.32. The summed E-state index contributed by atoms with van der Waals surface area (Å²) in [5.41, 5.74) is 0. The molecule has 0 amide bonds. The van der Waals surface area contributed by atoms with Gasteiger partial charge in [0.25, 0.3) is 0 Å². The summed E-state index contributed by atoms with van der Waals surface area (Å²) in [6.07, 6.45) is 2.22. The molecule has 0 aliphatic heterocycles. The first kappa shape index (κ1) is 13.9. The van der Waals surface area contributed by atoms with Crippen LogP contribution in [0.3, 0.4) is 0 Å². The van der Waals surface area contributed by atoms with Crippen LogP contribution in [-0.4, -0.2) is 49.0 Å². The summed E-state index contributed by atoms with van der Waals surface area (Å²) in [5, 5.41) is 9.60. The van der Waals surface area contributed by atoms with Crippen LogP contribution in [0.1, 0.15) is 33.6 Å². The lowest BCUT2D eigenvalue weighted by atomic mass is 10.3. The molecule has 86 valence electrons. The van der Waals surface area contributed by atoms with Gasteiger partial charge in [-0.1, -0.05) is 13.3 Å². The van der Waals surface area contributed by atoms with Crippen LogP contribution < -0.4 is 0 Å². The minimum Gasteiger partial charge on any atom is -0.389 e. The van der Waals surface area contributed by atoms with Crippen LogP contribution in [0, 0.1) is 0 Å². The number of nitrogens with zero attached hydrogens (tertiary/aromatic N) is 1. The Kier molecular flexibility index (Phi) is 8.14. The smallest absolute Gasteiger partial charge is 0.0900 e. The van der Waals surface area contributed by atoms with Crippen LogP contribution in [0.15, 0.2) is 0 Å². The first-order chi connectivity index (χ1) is 6.56. The fraction of sp³-hybridized carbons (Fsp3) is 1.00. The normalized spacial score (nSPS) is 13.9. The van der Waals surface area contributed by atoms with Crippen molar-refractivity contribution in [3.8, 4) is 0 Å². The van der Waals surface area contributed by atoms with Gasteiger partial charge in [-0.2, -0.15) is 0 Å². The number of hydrogen-bond donors (Lipinski definition) is 1. The van der Waals surface area contributed by atoms with Gasteiger partial charge in [-0.05, 0) is 33.9 Å². The topological polar surface area (TPSA) is 32.7 Å². The molecule has 3 heteroatoms. The monoisotopic (exact) mass is 203 g/mol. The standard InChI is InChI=1S/C11H25NO2/c1-5-6-7-12(4)8-11(13)9-14-10(2)3/h10-11,13H,5-9H2,1-4H3. The first-order valence-electron chi connectivity index (χ1n) is 5.54. The van der Waals surface area contributed by atoms with Crippen molar-refractivity contribution in [3.63, 3.8) is 0 Å². The van der Waals surface area contributed by atoms with E-state index in [4.69, 9.17) is 4.74 Å². The Hall–Kier alpha value is -0.120. The van der Waals surface area contributed by atoms with Crippen molar-refractivity contribution < 1.29 is 9.84 Å². The third-order valence-corrected chi connectivity index (χ3v) is 2.04. The molecule has 0 aliphatic carbocycles. The lowest BCUT2D eigenvalue weighted by molar-refractivity contribution is -0.00562. The van der Waals surface area contributed by atoms with E-state index < -0.39 is 0 Å². The molecule has 0 saturated carbocycles. The minimum atomic E-state index is -0.362. The van der Waals surface area contributed by atoms with Crippen LogP contribution in [-0.2, 0) is 4.74 Å². The van der Waals surface area contributed by atoms with Gasteiger partial charge in [-0.25, -0.2) is 0 Å². The van der Waals surface area contributed by atoms with Gasteiger partial charge in [0.2, 0.25) is 0 Å². The van der Waals surface area contributed by atoms with E-state index >= 15 is 0 Å². The number of aliphatic hydroxyl groups is 1. The lowest BCUT2D eigenvalue weighted by Gasteiger charge is -2.20. The molecule has 3 nitrogen and oxygen atoms in total. The zero-order valence-corrected chi connectivity index (χ0v) is 9.99. The molecule has 0 rings (SSSR count). The van der Waals surface area contributed by atoms with E-state index in [-0.39, 0.29) is 12.2 Å². The highest BCUT2D eigenvalue weighted by Gasteiger charge is 2.08. The van der Waals surface area contributed by atoms with Crippen molar-refractivity contribution in [1.82, 2.24) is 4.90 Å². The maximum absolute atomic E-state index is 9.60. The molecule has 0 bridgehead atoms. The Morgan fingerprint density at radius 2 is 2.00 bits per heavy atom. The van der Waals surface area contributed by atoms with Crippen molar-refractivity contribution in [3.05, 3.63) is 0 Å². The molecule has 0 aromatic heterocycles. The fourth-order valence-electron chi connectivity index (χ4n) is 1.24. The molecule has 0 spiro atoms. The highest BCUT2D eigenvalue weighted by Crippen LogP contribution is 1.96. The average molecular weight is 203 g/mol. The Morgan fingerprint density at radius 3 is 2.50 bits per heavy atom. The summed E-state index contributed by atoms with van der Waals surface area (Å²) < 4.78 is 5.33. The predicted octanol–water partition coefficient (Wildman–Crippen LogP) is 1.50. The maximum atomic E-state index is 9.60. The van der Waals surface area contributed by atoms with Crippen molar-refractivity contribution in [1.29, 1.82) is 0 Å². The fourth-order valence-corrected chi connectivity index (χ4v) is 1.24. The summed E-state index contributed by atoms with van der Waals surface area (Å²) >= 11 is 0. The number of hydrogen-bond acceptors (Lipinski definition) is 3. The zero-order chi connectivity index (χ0) is 11.0. The van der Waals surface area contributed by atoms with E-state index in [1.807, 2.05) is 20.9 Å². The van der Waals surface area contributed by atoms with E-state index in [1.165, 1.54) is 12.8 Å². The van der Waals surface area contributed by atoms with Gasteiger partial charge in [-0.15, -0.1) is 0 Å². The van der Waals surface area contributed by atoms with Gasteiger partial charge in [0.1, 0.15) is 0 Å². The van der Waals surface area contributed by atoms with Gasteiger partial charge < -0.3 is 14.7 Å². The third kappa shape index (κ3) is 8.48. The van der Waals surface area contributed by atoms with E-state index in [9.17, 15) is 5.11 Å². The van der Waals surface area contributed by atoms with E-state index in [0.717, 1.165) is 6.54 Å². The van der Waals surface area contributed by atoms with Crippen molar-refractivity contribution >= 4 is 0 Å². The van der Waals surface area contributed by atoms with Gasteiger partial charge in [0.05, 0.1) is 18.8 Å². The Morgan fingerprint density at radius 1 is 1.36 bits per heavy atom. The number of likely N-dealkylation sites (N-methyl/N-ethyl adjacent to an activating group) is 1. The summed E-state index contributed by atoms with van der Waals surface area (Å²) in [7, 11) is 2.04. The van der Waals surface area contributed by atoms with Gasteiger partial charge in [-0.3, -0.25) is 0 Å². The zero-order valence-electron chi connectivity index (χ0n) is 9.99. The first-order valence-corrected chi connectivity index (χ1v) is 5.54. The second kappa shape index (κ2) is 8.21. The Labute approximate surface area is 88.1 Å². The number of rotatable bonds is 8. The molecule has 0 aliphatic rings. The van der Waals surface area contributed by atoms with Crippen LogP contribution >= 0.6 is 0 Å². The van der Waals surface area contributed by atoms with Crippen molar-refractivity contribution in [2.24, 2.45) is 0 Å². The maximum Gasteiger partial charge on any atom is 0.0900 e. The van der Waals surface area contributed by atoms with E-state index in [2.05, 4.69) is 11.8 Å². The Balaban J connectivity index is 3.44.